The van der Waals surface area contributed by atoms with Crippen molar-refractivity contribution in [3.63, 3.8) is 0 Å². The molecule has 0 aromatic heterocycles. The summed E-state index contributed by atoms with van der Waals surface area (Å²) >= 11 is 1.82. The third kappa shape index (κ3) is 6.17. The van der Waals surface area contributed by atoms with Gasteiger partial charge in [0.05, 0.1) is 11.3 Å². The summed E-state index contributed by atoms with van der Waals surface area (Å²) in [6.07, 6.45) is 1.80. The molecule has 4 aromatic carbocycles. The summed E-state index contributed by atoms with van der Waals surface area (Å²) in [7, 11) is 0. The van der Waals surface area contributed by atoms with Gasteiger partial charge in [0.2, 0.25) is 0 Å². The van der Waals surface area contributed by atoms with Gasteiger partial charge in [-0.05, 0) is 71.8 Å². The van der Waals surface area contributed by atoms with Crippen LogP contribution < -0.4 is 4.74 Å². The zero-order valence-corrected chi connectivity index (χ0v) is 17.7. The van der Waals surface area contributed by atoms with Crippen molar-refractivity contribution >= 4 is 29.6 Å². The Morgan fingerprint density at radius 1 is 0.774 bits per heavy atom. The Balaban J connectivity index is 1.31. The maximum atomic E-state index is 12.1. The van der Waals surface area contributed by atoms with Gasteiger partial charge in [0.25, 0.3) is 0 Å². The first kappa shape index (κ1) is 20.6. The zero-order valence-electron chi connectivity index (χ0n) is 16.8. The molecule has 0 bridgehead atoms. The van der Waals surface area contributed by atoms with Crippen molar-refractivity contribution in [2.45, 2.75) is 10.6 Å². The lowest BCUT2D eigenvalue weighted by Crippen LogP contribution is -2.07. The number of rotatable bonds is 7. The van der Waals surface area contributed by atoms with E-state index < -0.39 is 0 Å². The van der Waals surface area contributed by atoms with Gasteiger partial charge in [-0.25, -0.2) is 4.79 Å². The van der Waals surface area contributed by atoms with Crippen LogP contribution in [-0.4, -0.2) is 12.2 Å². The molecule has 0 radical (unpaired) electrons. The third-order valence-corrected chi connectivity index (χ3v) is 5.63. The lowest BCUT2D eigenvalue weighted by Gasteiger charge is -2.04. The van der Waals surface area contributed by atoms with Crippen LogP contribution in [0.25, 0.3) is 0 Å². The van der Waals surface area contributed by atoms with E-state index in [4.69, 9.17) is 4.74 Å². The monoisotopic (exact) mass is 423 g/mol. The number of hydrogen-bond donors (Lipinski definition) is 0. The highest BCUT2D eigenvalue weighted by atomic mass is 32.2. The second-order valence-corrected chi connectivity index (χ2v) is 7.90. The molecule has 152 valence electrons. The first-order valence-corrected chi connectivity index (χ1v) is 10.9. The number of thioether (sulfide) groups is 1. The van der Waals surface area contributed by atoms with Gasteiger partial charge in [-0.15, -0.1) is 11.8 Å². The van der Waals surface area contributed by atoms with Gasteiger partial charge >= 0.3 is 5.97 Å². The largest absolute Gasteiger partial charge is 0.423 e. The normalized spacial score (nSPS) is 10.8. The van der Waals surface area contributed by atoms with Crippen LogP contribution >= 0.6 is 11.8 Å². The molecule has 0 aliphatic heterocycles. The minimum atomic E-state index is -0.368. The molecular weight excluding hydrogens is 402 g/mol. The molecule has 0 atom stereocenters. The molecule has 0 amide bonds. The van der Waals surface area contributed by atoms with Crippen molar-refractivity contribution in [1.29, 1.82) is 0 Å². The average molecular weight is 424 g/mol. The first-order chi connectivity index (χ1) is 15.3. The van der Waals surface area contributed by atoms with Crippen LogP contribution in [0.4, 0.5) is 5.69 Å². The highest BCUT2D eigenvalue weighted by Crippen LogP contribution is 2.23. The molecule has 0 heterocycles. The quantitative estimate of drug-likeness (QED) is 0.140. The molecule has 0 saturated heterocycles. The SMILES string of the molecule is O=C(Oc1ccc(C=Nc2ccc(CSc3ccccc3)cc2)cc1)c1ccccc1. The number of benzene rings is 4. The Hall–Kier alpha value is -3.63. The number of hydrogen-bond acceptors (Lipinski definition) is 4. The second-order valence-electron chi connectivity index (χ2n) is 6.85. The molecule has 0 N–H and O–H groups in total. The van der Waals surface area contributed by atoms with Crippen molar-refractivity contribution in [3.8, 4) is 5.75 Å². The van der Waals surface area contributed by atoms with Crippen LogP contribution in [0.3, 0.4) is 0 Å². The van der Waals surface area contributed by atoms with Crippen LogP contribution in [0.2, 0.25) is 0 Å². The highest BCUT2D eigenvalue weighted by molar-refractivity contribution is 7.98. The van der Waals surface area contributed by atoms with E-state index in [1.165, 1.54) is 10.5 Å². The van der Waals surface area contributed by atoms with E-state index in [0.29, 0.717) is 11.3 Å². The van der Waals surface area contributed by atoms with Crippen molar-refractivity contribution in [3.05, 3.63) is 126 Å². The van der Waals surface area contributed by atoms with Crippen molar-refractivity contribution in [2.24, 2.45) is 4.99 Å². The predicted molar refractivity (Wildman–Crippen MR) is 128 cm³/mol. The minimum absolute atomic E-state index is 0.368. The van der Waals surface area contributed by atoms with Crippen LogP contribution in [0.1, 0.15) is 21.5 Å². The smallest absolute Gasteiger partial charge is 0.343 e. The zero-order chi connectivity index (χ0) is 21.3. The molecule has 0 fully saturated rings. The average Bonchev–Trinajstić information content (AvgIpc) is 2.84. The predicted octanol–water partition coefficient (Wildman–Crippen LogP) is 6.95. The number of aliphatic imine (C=N–C) groups is 1. The van der Waals surface area contributed by atoms with E-state index in [1.54, 1.807) is 30.5 Å². The lowest BCUT2D eigenvalue weighted by molar-refractivity contribution is 0.0735. The second kappa shape index (κ2) is 10.4. The minimum Gasteiger partial charge on any atom is -0.423 e. The maximum Gasteiger partial charge on any atom is 0.343 e. The summed E-state index contributed by atoms with van der Waals surface area (Å²) in [5.74, 6) is 1.07. The molecule has 3 nitrogen and oxygen atoms in total. The number of carbonyl (C=O) groups is 1. The van der Waals surface area contributed by atoms with Gasteiger partial charge in [0.15, 0.2) is 0 Å². The molecule has 4 rings (SSSR count). The molecule has 0 aliphatic carbocycles. The summed E-state index contributed by atoms with van der Waals surface area (Å²) in [5.41, 5.74) is 3.62. The van der Waals surface area contributed by atoms with Crippen LogP contribution in [0, 0.1) is 0 Å². The third-order valence-electron chi connectivity index (χ3n) is 4.55. The van der Waals surface area contributed by atoms with E-state index in [1.807, 2.05) is 60.3 Å². The van der Waals surface area contributed by atoms with E-state index in [0.717, 1.165) is 17.0 Å². The molecule has 0 unspecified atom stereocenters. The number of carbonyl (C=O) groups excluding carboxylic acids is 1. The molecule has 0 aliphatic rings. The summed E-state index contributed by atoms with van der Waals surface area (Å²) < 4.78 is 5.40. The van der Waals surface area contributed by atoms with Crippen molar-refractivity contribution in [2.75, 3.05) is 0 Å². The fourth-order valence-corrected chi connectivity index (χ4v) is 3.75. The summed E-state index contributed by atoms with van der Waals surface area (Å²) in [6, 6.07) is 34.9. The molecular formula is C27H21NO2S. The molecule has 4 aromatic rings. The van der Waals surface area contributed by atoms with Crippen molar-refractivity contribution in [1.82, 2.24) is 0 Å². The van der Waals surface area contributed by atoms with E-state index in [2.05, 4.69) is 41.4 Å². The number of ether oxygens (including phenoxy) is 1. The first-order valence-electron chi connectivity index (χ1n) is 9.94. The van der Waals surface area contributed by atoms with Gasteiger partial charge in [-0.3, -0.25) is 4.99 Å². The summed E-state index contributed by atoms with van der Waals surface area (Å²) in [6.45, 7) is 0. The fraction of sp³-hybridized carbons (Fsp3) is 0.0370. The Morgan fingerprint density at radius 3 is 2.10 bits per heavy atom. The molecule has 0 saturated carbocycles. The van der Waals surface area contributed by atoms with Gasteiger partial charge in [-0.2, -0.15) is 0 Å². The van der Waals surface area contributed by atoms with Gasteiger partial charge in [-0.1, -0.05) is 48.5 Å². The Kier molecular flexibility index (Phi) is 6.93. The topological polar surface area (TPSA) is 38.7 Å². The van der Waals surface area contributed by atoms with E-state index >= 15 is 0 Å². The lowest BCUT2D eigenvalue weighted by atomic mass is 10.2. The molecule has 31 heavy (non-hydrogen) atoms. The van der Waals surface area contributed by atoms with Crippen LogP contribution in [-0.2, 0) is 5.75 Å². The Morgan fingerprint density at radius 2 is 1.42 bits per heavy atom. The van der Waals surface area contributed by atoms with Gasteiger partial charge in [0, 0.05) is 16.9 Å². The van der Waals surface area contributed by atoms with Crippen molar-refractivity contribution < 1.29 is 9.53 Å². The standard InChI is InChI=1S/C27H21NO2S/c29-27(23-7-3-1-4-8-23)30-25-17-13-21(14-18-25)19-28-24-15-11-22(12-16-24)20-31-26-9-5-2-6-10-26/h1-19H,20H2. The molecule has 0 spiro atoms. The number of nitrogens with zero attached hydrogens (tertiary/aromatic N) is 1. The molecule has 4 heteroatoms. The summed E-state index contributed by atoms with van der Waals surface area (Å²) in [5, 5.41) is 0. The van der Waals surface area contributed by atoms with E-state index in [9.17, 15) is 4.79 Å². The summed E-state index contributed by atoms with van der Waals surface area (Å²) in [4.78, 5) is 17.9. The van der Waals surface area contributed by atoms with Crippen LogP contribution in [0.5, 0.6) is 5.75 Å². The fourth-order valence-electron chi connectivity index (χ4n) is 2.87. The Labute approximate surface area is 186 Å². The van der Waals surface area contributed by atoms with Crippen LogP contribution in [0.15, 0.2) is 119 Å². The maximum absolute atomic E-state index is 12.1. The highest BCUT2D eigenvalue weighted by Gasteiger charge is 2.07. The van der Waals surface area contributed by atoms with Gasteiger partial charge < -0.3 is 4.74 Å². The van der Waals surface area contributed by atoms with E-state index in [-0.39, 0.29) is 5.97 Å². The number of esters is 1. The van der Waals surface area contributed by atoms with Gasteiger partial charge in [0.1, 0.15) is 5.75 Å². The Bertz CT molecular complexity index is 1140.